The van der Waals surface area contributed by atoms with E-state index in [2.05, 4.69) is 44.7 Å². The summed E-state index contributed by atoms with van der Waals surface area (Å²) in [5, 5.41) is 19.7. The quantitative estimate of drug-likeness (QED) is 0.497. The highest BCUT2D eigenvalue weighted by Gasteiger charge is 2.34. The summed E-state index contributed by atoms with van der Waals surface area (Å²) in [7, 11) is 0. The molecule has 0 radical (unpaired) electrons. The number of carbonyl (C=O) groups is 1. The molecule has 0 saturated carbocycles. The second-order valence-electron chi connectivity index (χ2n) is 9.19. The molecule has 172 valence electrons. The minimum atomic E-state index is -1.02. The van der Waals surface area contributed by atoms with Crippen LogP contribution >= 0.6 is 12.4 Å². The molecule has 0 aliphatic rings. The Morgan fingerprint density at radius 3 is 2.06 bits per heavy atom. The number of rotatable bonds is 10. The number of aliphatic hydroxyl groups excluding tert-OH is 1. The highest BCUT2D eigenvalue weighted by atomic mass is 35.5. The molecule has 2 aromatic rings. The van der Waals surface area contributed by atoms with E-state index in [0.717, 1.165) is 29.7 Å². The van der Waals surface area contributed by atoms with Gasteiger partial charge in [-0.05, 0) is 76.8 Å². The Bertz CT molecular complexity index is 826. The number of aliphatic hydroxyl groups is 1. The molecule has 0 saturated heterocycles. The van der Waals surface area contributed by atoms with Gasteiger partial charge < -0.3 is 10.2 Å². The first kappa shape index (κ1) is 27.2. The van der Waals surface area contributed by atoms with Crippen LogP contribution in [0.3, 0.4) is 0 Å². The van der Waals surface area contributed by atoms with Gasteiger partial charge in [0.15, 0.2) is 0 Å². The molecule has 2 N–H and O–H groups in total. The molecule has 2 rings (SSSR count). The minimum Gasteiger partial charge on any atom is -0.481 e. The van der Waals surface area contributed by atoms with Crippen molar-refractivity contribution >= 4 is 18.4 Å². The summed E-state index contributed by atoms with van der Waals surface area (Å²) in [5.41, 5.74) is 2.75. The average Bonchev–Trinajstić information content (AvgIpc) is 2.70. The molecule has 31 heavy (non-hydrogen) atoms. The van der Waals surface area contributed by atoms with Crippen LogP contribution < -0.4 is 0 Å². The van der Waals surface area contributed by atoms with E-state index < -0.39 is 11.4 Å². The van der Waals surface area contributed by atoms with Gasteiger partial charge in [0.25, 0.3) is 0 Å². The third kappa shape index (κ3) is 6.55. The van der Waals surface area contributed by atoms with Crippen molar-refractivity contribution in [3.8, 4) is 0 Å². The van der Waals surface area contributed by atoms with Crippen molar-refractivity contribution < 1.29 is 15.0 Å². The van der Waals surface area contributed by atoms with Gasteiger partial charge in [-0.1, -0.05) is 48.5 Å². The number of hydrogen-bond donors (Lipinski definition) is 2. The number of nitrogens with zero attached hydrogens (tertiary/aromatic N) is 1. The zero-order valence-electron chi connectivity index (χ0n) is 19.6. The Morgan fingerprint density at radius 2 is 1.58 bits per heavy atom. The summed E-state index contributed by atoms with van der Waals surface area (Å²) < 4.78 is 0. The van der Waals surface area contributed by atoms with Crippen LogP contribution in [-0.2, 0) is 16.8 Å². The Kier molecular flexibility index (Phi) is 10.2. The summed E-state index contributed by atoms with van der Waals surface area (Å²) >= 11 is 0. The van der Waals surface area contributed by atoms with Gasteiger partial charge in [-0.2, -0.15) is 0 Å². The molecular weight excluding hydrogens is 410 g/mol. The van der Waals surface area contributed by atoms with Crippen LogP contribution in [0.2, 0.25) is 0 Å². The lowest BCUT2D eigenvalue weighted by Gasteiger charge is -2.33. The van der Waals surface area contributed by atoms with E-state index in [4.69, 9.17) is 0 Å². The average molecular weight is 448 g/mol. The summed E-state index contributed by atoms with van der Waals surface area (Å²) in [6.45, 7) is 13.2. The smallest absolute Gasteiger partial charge is 0.313 e. The van der Waals surface area contributed by atoms with Gasteiger partial charge in [-0.15, -0.1) is 12.4 Å². The maximum Gasteiger partial charge on any atom is 0.313 e. The van der Waals surface area contributed by atoms with Crippen molar-refractivity contribution in [2.24, 2.45) is 0 Å². The van der Waals surface area contributed by atoms with Gasteiger partial charge in [-0.25, -0.2) is 0 Å². The number of carboxylic acids is 1. The standard InChI is InChI=1S/C26H37NO3.ClH/c1-18(2)27(19(3)4)15-14-22(21-10-8-7-9-11-21)23-16-20(17-28)12-13-24(23)26(5,6)25(29)30;/h7-13,16,18-19,22,28H,14-15,17H2,1-6H3,(H,29,30);1H. The molecule has 0 bridgehead atoms. The Morgan fingerprint density at radius 1 is 1.00 bits per heavy atom. The predicted molar refractivity (Wildman–Crippen MR) is 130 cm³/mol. The van der Waals surface area contributed by atoms with Crippen LogP contribution in [0.5, 0.6) is 0 Å². The number of carboxylic acid groups (broad SMARTS) is 1. The molecule has 4 nitrogen and oxygen atoms in total. The first-order valence-corrected chi connectivity index (χ1v) is 10.9. The van der Waals surface area contributed by atoms with Crippen LogP contribution in [0, 0.1) is 0 Å². The third-order valence-corrected chi connectivity index (χ3v) is 6.09. The summed E-state index contributed by atoms with van der Waals surface area (Å²) in [5.74, 6) is -0.801. The van der Waals surface area contributed by atoms with Gasteiger partial charge in [0.05, 0.1) is 12.0 Å². The van der Waals surface area contributed by atoms with E-state index in [1.54, 1.807) is 13.8 Å². The zero-order valence-corrected chi connectivity index (χ0v) is 20.4. The van der Waals surface area contributed by atoms with E-state index in [-0.39, 0.29) is 24.9 Å². The Hall–Kier alpha value is -1.88. The topological polar surface area (TPSA) is 60.8 Å². The second-order valence-corrected chi connectivity index (χ2v) is 9.19. The summed E-state index contributed by atoms with van der Waals surface area (Å²) in [6, 6.07) is 16.9. The fourth-order valence-corrected chi connectivity index (χ4v) is 4.26. The second kappa shape index (κ2) is 11.7. The van der Waals surface area contributed by atoms with Gasteiger partial charge in [0.1, 0.15) is 0 Å². The predicted octanol–water partition coefficient (Wildman–Crippen LogP) is 5.60. The van der Waals surface area contributed by atoms with Gasteiger partial charge in [-0.3, -0.25) is 9.69 Å². The molecule has 0 amide bonds. The number of benzene rings is 2. The molecule has 0 fully saturated rings. The minimum absolute atomic E-state index is 0. The Labute approximate surface area is 193 Å². The maximum absolute atomic E-state index is 12.1. The van der Waals surface area contributed by atoms with Crippen molar-refractivity contribution in [3.05, 3.63) is 70.8 Å². The fraction of sp³-hybridized carbons (Fsp3) is 0.500. The van der Waals surface area contributed by atoms with E-state index in [0.29, 0.717) is 12.1 Å². The lowest BCUT2D eigenvalue weighted by molar-refractivity contribution is -0.142. The Balaban J connectivity index is 0.00000480. The molecule has 0 spiro atoms. The number of halogens is 1. The van der Waals surface area contributed by atoms with Crippen molar-refractivity contribution in [3.63, 3.8) is 0 Å². The molecule has 0 aliphatic carbocycles. The van der Waals surface area contributed by atoms with Crippen molar-refractivity contribution in [1.82, 2.24) is 4.90 Å². The van der Waals surface area contributed by atoms with Crippen LogP contribution in [0.1, 0.15) is 76.1 Å². The fourth-order valence-electron chi connectivity index (χ4n) is 4.26. The summed E-state index contributed by atoms with van der Waals surface area (Å²) in [6.07, 6.45) is 0.873. The van der Waals surface area contributed by atoms with E-state index in [1.807, 2.05) is 36.4 Å². The van der Waals surface area contributed by atoms with E-state index >= 15 is 0 Å². The van der Waals surface area contributed by atoms with Crippen LogP contribution in [-0.4, -0.2) is 39.7 Å². The number of aliphatic carboxylic acids is 1. The lowest BCUT2D eigenvalue weighted by Crippen LogP contribution is -2.38. The van der Waals surface area contributed by atoms with Gasteiger partial charge in [0, 0.05) is 18.0 Å². The molecule has 0 aromatic heterocycles. The van der Waals surface area contributed by atoms with E-state index in [1.165, 1.54) is 5.56 Å². The number of hydrogen-bond acceptors (Lipinski definition) is 3. The zero-order chi connectivity index (χ0) is 22.5. The maximum atomic E-state index is 12.1. The normalized spacial score (nSPS) is 12.8. The molecule has 0 aliphatic heterocycles. The van der Waals surface area contributed by atoms with Crippen LogP contribution in [0.4, 0.5) is 0 Å². The van der Waals surface area contributed by atoms with Gasteiger partial charge >= 0.3 is 5.97 Å². The third-order valence-electron chi connectivity index (χ3n) is 6.09. The molecule has 1 unspecified atom stereocenters. The molecule has 5 heteroatoms. The lowest BCUT2D eigenvalue weighted by atomic mass is 9.75. The first-order chi connectivity index (χ1) is 14.1. The van der Waals surface area contributed by atoms with E-state index in [9.17, 15) is 15.0 Å². The van der Waals surface area contributed by atoms with Crippen molar-refractivity contribution in [2.45, 2.75) is 78.0 Å². The highest BCUT2D eigenvalue weighted by Crippen LogP contribution is 2.37. The van der Waals surface area contributed by atoms with Crippen molar-refractivity contribution in [1.29, 1.82) is 0 Å². The van der Waals surface area contributed by atoms with Crippen molar-refractivity contribution in [2.75, 3.05) is 6.54 Å². The molecular formula is C26H38ClNO3. The van der Waals surface area contributed by atoms with Gasteiger partial charge in [0.2, 0.25) is 0 Å². The molecule has 1 atom stereocenters. The summed E-state index contributed by atoms with van der Waals surface area (Å²) in [4.78, 5) is 14.5. The van der Waals surface area contributed by atoms with Crippen LogP contribution in [0.25, 0.3) is 0 Å². The SMILES string of the molecule is CC(C)N(CCC(c1ccccc1)c1cc(CO)ccc1C(C)(C)C(=O)O)C(C)C.Cl. The largest absolute Gasteiger partial charge is 0.481 e. The monoisotopic (exact) mass is 447 g/mol. The first-order valence-electron chi connectivity index (χ1n) is 10.9. The molecule has 2 aromatic carbocycles. The highest BCUT2D eigenvalue weighted by molar-refractivity contribution is 5.85. The molecule has 0 heterocycles. The van der Waals surface area contributed by atoms with Crippen LogP contribution in [0.15, 0.2) is 48.5 Å².